The minimum atomic E-state index is 0. The minimum Gasteiger partial charge on any atom is -0.361 e. The standard InChI is InChI=1S/C13H18N2.C13H17N.C12H15N.2C11H14N2.CH4/c1-5-12-14-10-7-6-9(13(2,3)4)8-11(10)15-12;1-9-7-10-5-6-11(13(2,3)4)8-12(10)14-9;1-12(2,3)10-5-4-9-6-7-13-11(9)8-10;2*1-11(2,3)8-4-5-9-10(6-8)13-7-12-9;/h6-8H,5H2,1-4H3,(H,14,15);5-6,8,14H,1,7H2,2-4H3;4-8,13H,1-3H3;2*4-7H,1-3H3,(H,12,13);1H4. The van der Waals surface area contributed by atoms with E-state index >= 15 is 0 Å². The number of H-pyrrole nitrogens is 4. The molecule has 69 heavy (non-hydrogen) atoms. The molecule has 0 radical (unpaired) electrons. The van der Waals surface area contributed by atoms with Gasteiger partial charge in [-0.2, -0.15) is 0 Å². The predicted molar refractivity (Wildman–Crippen MR) is 299 cm³/mol. The molecule has 0 unspecified atom stereocenters. The summed E-state index contributed by atoms with van der Waals surface area (Å²) in [6.45, 7) is 39.4. The number of benzene rings is 5. The van der Waals surface area contributed by atoms with E-state index in [1.54, 1.807) is 12.7 Å². The third kappa shape index (κ3) is 14.1. The van der Waals surface area contributed by atoms with Crippen molar-refractivity contribution in [3.05, 3.63) is 167 Å². The summed E-state index contributed by atoms with van der Waals surface area (Å²) in [5.41, 5.74) is 19.3. The molecule has 5 aromatic carbocycles. The molecule has 5 N–H and O–H groups in total. The molecule has 0 bridgehead atoms. The molecule has 1 aliphatic rings. The van der Waals surface area contributed by atoms with Crippen molar-refractivity contribution >= 4 is 49.7 Å². The molecule has 1 aliphatic heterocycles. The molecule has 0 spiro atoms. The number of aryl methyl sites for hydroxylation is 1. The monoisotopic (exact) mass is 927 g/mol. The van der Waals surface area contributed by atoms with E-state index in [1.165, 1.54) is 50.0 Å². The largest absolute Gasteiger partial charge is 0.361 e. The van der Waals surface area contributed by atoms with Gasteiger partial charge >= 0.3 is 0 Å². The summed E-state index contributed by atoms with van der Waals surface area (Å²) >= 11 is 0. The van der Waals surface area contributed by atoms with E-state index in [1.807, 2.05) is 6.20 Å². The lowest BCUT2D eigenvalue weighted by Crippen LogP contribution is -2.10. The second kappa shape index (κ2) is 21.1. The normalized spacial score (nSPS) is 12.7. The van der Waals surface area contributed by atoms with Crippen LogP contribution in [0.4, 0.5) is 5.69 Å². The Morgan fingerprint density at radius 3 is 1.38 bits per heavy atom. The van der Waals surface area contributed by atoms with Crippen molar-refractivity contribution in [2.24, 2.45) is 0 Å². The van der Waals surface area contributed by atoms with Crippen LogP contribution in [0, 0.1) is 0 Å². The van der Waals surface area contributed by atoms with Gasteiger partial charge in [0.1, 0.15) is 5.82 Å². The average Bonchev–Trinajstić information content (AvgIpc) is 4.11. The molecule has 9 aromatic rings. The van der Waals surface area contributed by atoms with Crippen molar-refractivity contribution in [3.63, 3.8) is 0 Å². The molecule has 8 nitrogen and oxygen atoms in total. The highest BCUT2D eigenvalue weighted by Crippen LogP contribution is 2.33. The fraction of sp³-hybridized carbons (Fsp3) is 0.393. The van der Waals surface area contributed by atoms with Crippen molar-refractivity contribution in [3.8, 4) is 0 Å². The molecule has 366 valence electrons. The smallest absolute Gasteiger partial charge is 0.106 e. The molecular weight excluding hydrogens is 845 g/mol. The van der Waals surface area contributed by atoms with Crippen molar-refractivity contribution in [2.45, 2.75) is 158 Å². The molecule has 5 heterocycles. The van der Waals surface area contributed by atoms with Gasteiger partial charge in [-0.15, -0.1) is 0 Å². The zero-order valence-corrected chi connectivity index (χ0v) is 43.9. The number of imidazole rings is 3. The third-order valence-electron chi connectivity index (χ3n) is 12.4. The van der Waals surface area contributed by atoms with Gasteiger partial charge in [-0.25, -0.2) is 15.0 Å². The molecule has 4 aromatic heterocycles. The van der Waals surface area contributed by atoms with Crippen molar-refractivity contribution in [2.75, 3.05) is 5.32 Å². The minimum absolute atomic E-state index is 0. The molecule has 0 amide bonds. The third-order valence-corrected chi connectivity index (χ3v) is 12.4. The first-order valence-corrected chi connectivity index (χ1v) is 24.2. The number of hydrogen-bond donors (Lipinski definition) is 5. The average molecular weight is 927 g/mol. The second-order valence-corrected chi connectivity index (χ2v) is 23.3. The van der Waals surface area contributed by atoms with Crippen molar-refractivity contribution in [1.29, 1.82) is 0 Å². The topological polar surface area (TPSA) is 114 Å². The molecule has 10 rings (SSSR count). The lowest BCUT2D eigenvalue weighted by Gasteiger charge is -2.19. The SMILES string of the molecule is C.C=C1Cc2ccc(C(C)(C)C)cc2N1.CC(C)(C)c1ccc2cc[nH]c2c1.CC(C)(C)c1ccc2nc[nH]c2c1.CC(C)(C)c1ccc2nc[nH]c2c1.CCc1nc2ccc(C(C)(C)C)cc2[nH]1. The van der Waals surface area contributed by atoms with Crippen LogP contribution in [0.3, 0.4) is 0 Å². The predicted octanol–water partition coefficient (Wildman–Crippen LogP) is 16.7. The van der Waals surface area contributed by atoms with Crippen LogP contribution in [0.5, 0.6) is 0 Å². The van der Waals surface area contributed by atoms with Crippen LogP contribution >= 0.6 is 0 Å². The first-order chi connectivity index (χ1) is 31.7. The van der Waals surface area contributed by atoms with Crippen LogP contribution in [-0.2, 0) is 39.9 Å². The summed E-state index contributed by atoms with van der Waals surface area (Å²) in [5, 5.41) is 4.60. The molecule has 0 saturated heterocycles. The van der Waals surface area contributed by atoms with Gasteiger partial charge in [-0.1, -0.05) is 167 Å². The number of anilines is 1. The Morgan fingerprint density at radius 2 is 0.899 bits per heavy atom. The summed E-state index contributed by atoms with van der Waals surface area (Å²) in [7, 11) is 0. The summed E-state index contributed by atoms with van der Waals surface area (Å²) in [6.07, 6.45) is 7.38. The summed E-state index contributed by atoms with van der Waals surface area (Å²) in [5.74, 6) is 1.07. The number of aromatic nitrogens is 7. The van der Waals surface area contributed by atoms with Crippen LogP contribution in [0.1, 0.15) is 157 Å². The van der Waals surface area contributed by atoms with E-state index in [9.17, 15) is 0 Å². The first-order valence-electron chi connectivity index (χ1n) is 24.2. The maximum atomic E-state index is 4.50. The number of nitrogens with one attached hydrogen (secondary N) is 5. The fourth-order valence-corrected chi connectivity index (χ4v) is 7.79. The van der Waals surface area contributed by atoms with Gasteiger partial charge in [-0.05, 0) is 120 Å². The lowest BCUT2D eigenvalue weighted by molar-refractivity contribution is 0.590. The number of hydrogen-bond acceptors (Lipinski definition) is 4. The van der Waals surface area contributed by atoms with Gasteiger partial charge in [0.25, 0.3) is 0 Å². The highest BCUT2D eigenvalue weighted by Gasteiger charge is 2.20. The maximum absolute atomic E-state index is 4.50. The fourth-order valence-electron chi connectivity index (χ4n) is 7.79. The number of allylic oxidation sites excluding steroid dienone is 1. The Balaban J connectivity index is 0.000000160. The van der Waals surface area contributed by atoms with Crippen molar-refractivity contribution < 1.29 is 0 Å². The van der Waals surface area contributed by atoms with E-state index in [-0.39, 0.29) is 34.5 Å². The van der Waals surface area contributed by atoms with Gasteiger partial charge in [0.2, 0.25) is 0 Å². The Hall–Kier alpha value is -6.41. The summed E-state index contributed by atoms with van der Waals surface area (Å²) < 4.78 is 0. The quantitative estimate of drug-likeness (QED) is 0.113. The second-order valence-electron chi connectivity index (χ2n) is 23.3. The first kappa shape index (κ1) is 53.5. The summed E-state index contributed by atoms with van der Waals surface area (Å²) in [4.78, 5) is 25.7. The van der Waals surface area contributed by atoms with E-state index in [2.05, 4.69) is 255 Å². The lowest BCUT2D eigenvalue weighted by atomic mass is 9.86. The molecule has 8 heteroatoms. The Labute approximate surface area is 413 Å². The Kier molecular flexibility index (Phi) is 16.4. The maximum Gasteiger partial charge on any atom is 0.106 e. The van der Waals surface area contributed by atoms with Crippen LogP contribution in [0.25, 0.3) is 44.0 Å². The number of aromatic amines is 4. The Bertz CT molecular complexity index is 2900. The molecule has 0 saturated carbocycles. The highest BCUT2D eigenvalue weighted by molar-refractivity contribution is 5.80. The van der Waals surface area contributed by atoms with E-state index in [0.717, 1.165) is 57.5 Å². The highest BCUT2D eigenvalue weighted by atomic mass is 14.9. The van der Waals surface area contributed by atoms with E-state index < -0.39 is 0 Å². The zero-order chi connectivity index (χ0) is 49.8. The summed E-state index contributed by atoms with van der Waals surface area (Å²) in [6, 6.07) is 34.6. The van der Waals surface area contributed by atoms with Gasteiger partial charge < -0.3 is 25.3 Å². The molecular formula is C61H82N8. The number of nitrogens with zero attached hydrogens (tertiary/aromatic N) is 3. The van der Waals surface area contributed by atoms with Crippen LogP contribution < -0.4 is 5.32 Å². The molecule has 0 fully saturated rings. The van der Waals surface area contributed by atoms with Crippen LogP contribution in [0.15, 0.2) is 128 Å². The van der Waals surface area contributed by atoms with Crippen molar-refractivity contribution in [1.82, 2.24) is 34.9 Å². The van der Waals surface area contributed by atoms with Crippen LogP contribution in [-0.4, -0.2) is 34.9 Å². The molecule has 0 atom stereocenters. The van der Waals surface area contributed by atoms with Gasteiger partial charge in [0, 0.05) is 35.9 Å². The molecule has 0 aliphatic carbocycles. The van der Waals surface area contributed by atoms with E-state index in [4.69, 9.17) is 0 Å². The zero-order valence-electron chi connectivity index (χ0n) is 43.9. The Morgan fingerprint density at radius 1 is 0.478 bits per heavy atom. The van der Waals surface area contributed by atoms with Gasteiger partial charge in [-0.3, -0.25) is 0 Å². The number of rotatable bonds is 1. The van der Waals surface area contributed by atoms with E-state index in [0.29, 0.717) is 0 Å². The van der Waals surface area contributed by atoms with Crippen LogP contribution in [0.2, 0.25) is 0 Å². The van der Waals surface area contributed by atoms with Gasteiger partial charge in [0.15, 0.2) is 0 Å². The van der Waals surface area contributed by atoms with Gasteiger partial charge in [0.05, 0.1) is 45.8 Å². The number of fused-ring (bicyclic) bond motifs is 5.